The van der Waals surface area contributed by atoms with Gasteiger partial charge in [-0.2, -0.15) is 0 Å². The first-order chi connectivity index (χ1) is 14.5. The second kappa shape index (κ2) is 8.16. The molecule has 30 heavy (non-hydrogen) atoms. The lowest BCUT2D eigenvalue weighted by Crippen LogP contribution is -2.44. The maximum absolute atomic E-state index is 13.2. The molecule has 1 aromatic heterocycles. The van der Waals surface area contributed by atoms with Crippen LogP contribution in [-0.2, 0) is 17.9 Å². The maximum atomic E-state index is 13.2. The summed E-state index contributed by atoms with van der Waals surface area (Å²) >= 11 is 0. The molecule has 2 aliphatic rings. The third kappa shape index (κ3) is 3.38. The topological polar surface area (TPSA) is 74.6 Å². The maximum Gasteiger partial charge on any atom is 0.258 e. The molecule has 7 heteroatoms. The van der Waals surface area contributed by atoms with E-state index in [1.807, 2.05) is 26.1 Å². The fourth-order valence-electron chi connectivity index (χ4n) is 4.92. The van der Waals surface area contributed by atoms with Gasteiger partial charge in [0.05, 0.1) is 12.0 Å². The van der Waals surface area contributed by atoms with E-state index in [1.165, 1.54) is 12.1 Å². The van der Waals surface area contributed by atoms with Crippen molar-refractivity contribution in [2.24, 2.45) is 11.8 Å². The molecule has 0 aliphatic carbocycles. The van der Waals surface area contributed by atoms with Gasteiger partial charge in [-0.1, -0.05) is 24.3 Å². The molecular formula is C23H26FN3O3. The Balaban J connectivity index is 1.64. The van der Waals surface area contributed by atoms with E-state index in [4.69, 9.17) is 0 Å². The molecule has 1 saturated heterocycles. The molecule has 2 bridgehead atoms. The van der Waals surface area contributed by atoms with Crippen LogP contribution in [-0.4, -0.2) is 40.2 Å². The smallest absolute Gasteiger partial charge is 0.258 e. The molecule has 1 aromatic carbocycles. The summed E-state index contributed by atoms with van der Waals surface area (Å²) in [5, 5.41) is 13.0. The van der Waals surface area contributed by atoms with Gasteiger partial charge in [-0.05, 0) is 43.8 Å². The number of carbonyl (C=O) groups excluding carboxylic acids is 1. The Kier molecular flexibility index (Phi) is 5.58. The molecule has 158 valence electrons. The number of aliphatic hydroxyl groups is 1. The molecule has 1 amide bonds. The minimum absolute atomic E-state index is 0.0715. The molecule has 3 heterocycles. The van der Waals surface area contributed by atoms with Gasteiger partial charge in [-0.15, -0.1) is 0 Å². The summed E-state index contributed by atoms with van der Waals surface area (Å²) in [6.07, 6.45) is 3.61. The van der Waals surface area contributed by atoms with Crippen molar-refractivity contribution in [2.45, 2.75) is 32.1 Å². The minimum atomic E-state index is -0.480. The summed E-state index contributed by atoms with van der Waals surface area (Å²) in [7, 11) is 1.94. The molecular weight excluding hydrogens is 385 g/mol. The number of fused-ring (bicyclic) bond motifs is 4. The van der Waals surface area contributed by atoms with Gasteiger partial charge in [0.1, 0.15) is 5.82 Å². The monoisotopic (exact) mass is 411 g/mol. The molecule has 2 N–H and O–H groups in total. The van der Waals surface area contributed by atoms with Crippen LogP contribution in [0, 0.1) is 17.7 Å². The third-order valence-corrected chi connectivity index (χ3v) is 6.41. The number of rotatable bonds is 5. The van der Waals surface area contributed by atoms with Crippen LogP contribution in [0.25, 0.3) is 6.08 Å². The number of hydrogen-bond acceptors (Lipinski definition) is 4. The standard InChI is InChI=1S/C23H26FN3O3/c1-3-4-15-7-10-18-21-20(22(29)25-11-14-5-8-16(24)9-6-14)17(13-28)19(26(21)2)12-27(18)23(15)30/h3-10,17,19-21,28H,11-13H2,1-2H3,(H,25,29)/b4-3+/t17-,19-,20+,21+/m1/s1. The van der Waals surface area contributed by atoms with E-state index in [0.717, 1.165) is 11.3 Å². The van der Waals surface area contributed by atoms with Crippen molar-refractivity contribution in [3.63, 3.8) is 0 Å². The van der Waals surface area contributed by atoms with Gasteiger partial charge in [0.2, 0.25) is 5.91 Å². The molecule has 0 saturated carbocycles. The fourth-order valence-corrected chi connectivity index (χ4v) is 4.92. The van der Waals surface area contributed by atoms with Crippen molar-refractivity contribution < 1.29 is 14.3 Å². The van der Waals surface area contributed by atoms with Crippen molar-refractivity contribution >= 4 is 12.0 Å². The number of aromatic nitrogens is 1. The van der Waals surface area contributed by atoms with Crippen LogP contribution >= 0.6 is 0 Å². The van der Waals surface area contributed by atoms with Crippen LogP contribution in [0.1, 0.15) is 29.8 Å². The third-order valence-electron chi connectivity index (χ3n) is 6.41. The predicted octanol–water partition coefficient (Wildman–Crippen LogP) is 1.93. The van der Waals surface area contributed by atoms with E-state index in [1.54, 1.807) is 28.8 Å². The first kappa shape index (κ1) is 20.5. The van der Waals surface area contributed by atoms with Crippen molar-refractivity contribution in [3.05, 3.63) is 75.5 Å². The Morgan fingerprint density at radius 1 is 1.27 bits per heavy atom. The number of nitrogens with zero attached hydrogens (tertiary/aromatic N) is 2. The Labute approximate surface area is 174 Å². The number of nitrogens with one attached hydrogen (secondary N) is 1. The lowest BCUT2D eigenvalue weighted by atomic mass is 9.86. The molecule has 0 unspecified atom stereocenters. The Morgan fingerprint density at radius 3 is 2.67 bits per heavy atom. The molecule has 2 aromatic rings. The van der Waals surface area contributed by atoms with Crippen molar-refractivity contribution in [1.82, 2.24) is 14.8 Å². The molecule has 4 atom stereocenters. The Bertz CT molecular complexity index is 1030. The zero-order valence-electron chi connectivity index (χ0n) is 17.1. The number of hydrogen-bond donors (Lipinski definition) is 2. The zero-order valence-corrected chi connectivity index (χ0v) is 17.1. The van der Waals surface area contributed by atoms with Crippen LogP contribution in [0.15, 0.2) is 47.3 Å². The van der Waals surface area contributed by atoms with E-state index in [0.29, 0.717) is 12.1 Å². The van der Waals surface area contributed by atoms with E-state index < -0.39 is 5.92 Å². The van der Waals surface area contributed by atoms with Gasteiger partial charge in [-0.3, -0.25) is 14.5 Å². The van der Waals surface area contributed by atoms with Crippen LogP contribution in [0.4, 0.5) is 4.39 Å². The number of benzene rings is 1. The lowest BCUT2D eigenvalue weighted by molar-refractivity contribution is -0.127. The summed E-state index contributed by atoms with van der Waals surface area (Å²) in [6, 6.07) is 9.30. The largest absolute Gasteiger partial charge is 0.396 e. The molecule has 0 radical (unpaired) electrons. The van der Waals surface area contributed by atoms with Gasteiger partial charge >= 0.3 is 0 Å². The molecule has 6 nitrogen and oxygen atoms in total. The Morgan fingerprint density at radius 2 is 2.00 bits per heavy atom. The number of carbonyl (C=O) groups is 1. The van der Waals surface area contributed by atoms with Crippen LogP contribution in [0.5, 0.6) is 0 Å². The normalized spacial score (nSPS) is 25.5. The second-order valence-corrected chi connectivity index (χ2v) is 8.02. The summed E-state index contributed by atoms with van der Waals surface area (Å²) in [4.78, 5) is 28.2. The molecule has 0 spiro atoms. The fraction of sp³-hybridized carbons (Fsp3) is 0.391. The van der Waals surface area contributed by atoms with Gasteiger partial charge in [0.25, 0.3) is 5.56 Å². The SMILES string of the molecule is C/C=C/c1ccc2n(c1=O)C[C@@H]1[C@@H](CO)[C@H](C(=O)NCc3ccc(F)cc3)[C@H]2N1C. The summed E-state index contributed by atoms with van der Waals surface area (Å²) < 4.78 is 14.9. The number of pyridine rings is 1. The first-order valence-electron chi connectivity index (χ1n) is 10.2. The van der Waals surface area contributed by atoms with E-state index in [2.05, 4.69) is 10.2 Å². The van der Waals surface area contributed by atoms with Crippen molar-refractivity contribution in [3.8, 4) is 0 Å². The molecule has 1 fully saturated rings. The summed E-state index contributed by atoms with van der Waals surface area (Å²) in [6.45, 7) is 2.45. The molecule has 4 rings (SSSR count). The first-order valence-corrected chi connectivity index (χ1v) is 10.2. The highest BCUT2D eigenvalue weighted by atomic mass is 19.1. The highest BCUT2D eigenvalue weighted by molar-refractivity contribution is 5.80. The minimum Gasteiger partial charge on any atom is -0.396 e. The summed E-state index contributed by atoms with van der Waals surface area (Å²) in [5.41, 5.74) is 2.14. The number of likely N-dealkylation sites (N-methyl/N-ethyl adjacent to an activating group) is 1. The number of halogens is 1. The van der Waals surface area contributed by atoms with Crippen LogP contribution in [0.2, 0.25) is 0 Å². The van der Waals surface area contributed by atoms with Crippen molar-refractivity contribution in [2.75, 3.05) is 13.7 Å². The van der Waals surface area contributed by atoms with Crippen molar-refractivity contribution in [1.29, 1.82) is 0 Å². The van der Waals surface area contributed by atoms with Gasteiger partial charge in [0, 0.05) is 42.9 Å². The predicted molar refractivity (Wildman–Crippen MR) is 112 cm³/mol. The number of amides is 1. The summed E-state index contributed by atoms with van der Waals surface area (Å²) in [5.74, 6) is -1.25. The quantitative estimate of drug-likeness (QED) is 0.789. The van der Waals surface area contributed by atoms with E-state index in [-0.39, 0.29) is 48.4 Å². The van der Waals surface area contributed by atoms with E-state index in [9.17, 15) is 19.1 Å². The highest BCUT2D eigenvalue weighted by Gasteiger charge is 2.54. The van der Waals surface area contributed by atoms with Gasteiger partial charge in [-0.25, -0.2) is 4.39 Å². The average molecular weight is 411 g/mol. The highest BCUT2D eigenvalue weighted by Crippen LogP contribution is 2.47. The van der Waals surface area contributed by atoms with Gasteiger partial charge in [0.15, 0.2) is 0 Å². The number of aliphatic hydroxyl groups excluding tert-OH is 1. The average Bonchev–Trinajstić information content (AvgIpc) is 2.92. The second-order valence-electron chi connectivity index (χ2n) is 8.02. The van der Waals surface area contributed by atoms with E-state index >= 15 is 0 Å². The Hall–Kier alpha value is -2.77. The number of allylic oxidation sites excluding steroid dienone is 1. The van der Waals surface area contributed by atoms with Crippen LogP contribution in [0.3, 0.4) is 0 Å². The lowest BCUT2D eigenvalue weighted by Gasteiger charge is -2.35. The zero-order chi connectivity index (χ0) is 21.4. The van der Waals surface area contributed by atoms with Gasteiger partial charge < -0.3 is 15.0 Å². The van der Waals surface area contributed by atoms with Crippen LogP contribution < -0.4 is 10.9 Å². The molecule has 2 aliphatic heterocycles.